The molecule has 2 aliphatic rings. The maximum Gasteiger partial charge on any atom is 0.404 e. The molecular weight excluding hydrogens is 1320 g/mol. The van der Waals surface area contributed by atoms with Crippen LogP contribution in [0.1, 0.15) is 88.8 Å². The van der Waals surface area contributed by atoms with Gasteiger partial charge in [-0.1, -0.05) is 6.92 Å². The molecule has 0 aromatic carbocycles. The number of amides is 8. The van der Waals surface area contributed by atoms with Gasteiger partial charge in [0.1, 0.15) is 94.6 Å². The Morgan fingerprint density at radius 2 is 1.48 bits per heavy atom. The molecule has 0 spiro atoms. The number of nitrogens with two attached hydrogens (primary N) is 5. The Kier molecular flexibility index (Phi) is 28.8. The van der Waals surface area contributed by atoms with Gasteiger partial charge in [0.25, 0.3) is 11.8 Å². The molecular formula is C54H81N17O21S3. The van der Waals surface area contributed by atoms with Crippen molar-refractivity contribution in [1.29, 1.82) is 0 Å². The van der Waals surface area contributed by atoms with Gasteiger partial charge < -0.3 is 130 Å². The van der Waals surface area contributed by atoms with Crippen molar-refractivity contribution in [2.45, 2.75) is 157 Å². The lowest BCUT2D eigenvalue weighted by Gasteiger charge is -2.47. The van der Waals surface area contributed by atoms with Crippen LogP contribution < -0.4 is 60.6 Å². The highest BCUT2D eigenvalue weighted by Crippen LogP contribution is 2.35. The van der Waals surface area contributed by atoms with E-state index in [1.165, 1.54) is 50.4 Å². The van der Waals surface area contributed by atoms with E-state index in [1.807, 2.05) is 6.26 Å². The first-order chi connectivity index (χ1) is 45.0. The van der Waals surface area contributed by atoms with Crippen LogP contribution in [0.15, 0.2) is 23.3 Å². The minimum Gasteiger partial charge on any atom is -0.441 e. The van der Waals surface area contributed by atoms with Crippen LogP contribution in [-0.2, 0) is 54.1 Å². The predicted molar refractivity (Wildman–Crippen MR) is 333 cm³/mol. The molecule has 95 heavy (non-hydrogen) atoms. The van der Waals surface area contributed by atoms with Crippen molar-refractivity contribution in [3.05, 3.63) is 56.8 Å². The van der Waals surface area contributed by atoms with Gasteiger partial charge in [-0.15, -0.1) is 22.7 Å². The fourth-order valence-corrected chi connectivity index (χ4v) is 11.7. The lowest BCUT2D eigenvalue weighted by Crippen LogP contribution is -2.65. The highest BCUT2D eigenvalue weighted by molar-refractivity contribution is 7.98. The SMILES string of the molecule is CSCCCNC(=O)c1csc(-c2csc(CCNC(=O)[C@H](NC(=O)[C@H](C)[C@H](O)[C@H](C)NC(=O)[C@@H](NC(=O)c3nc([C@H](CC(N)=O)NC[C@@H](N)C(N)=O)nc(N)c3C)[C@H](O[C@@H]3O[C@@H](CO)[C@@H](O)[C@@H](O)[C@H]3O[C@@H]3O[C@H](CO)[C@@H](O)[C@@H](OC(N)=O)[C@H]3O)c3cnc[nH]3)[C@H](C)O)n2)n1. The molecule has 6 heterocycles. The number of imidazole rings is 1. The Labute approximate surface area is 553 Å². The van der Waals surface area contributed by atoms with Gasteiger partial charge in [-0.25, -0.2) is 29.7 Å². The average Bonchev–Trinajstić information content (AvgIpc) is 1.31. The number of carbonyl (C=O) groups excluding carboxylic acids is 8. The van der Waals surface area contributed by atoms with E-state index in [4.69, 9.17) is 52.4 Å². The summed E-state index contributed by atoms with van der Waals surface area (Å²) in [4.78, 5) is 130. The lowest BCUT2D eigenvalue weighted by molar-refractivity contribution is -0.372. The molecule has 0 unspecified atom stereocenters. The molecule has 0 aliphatic carbocycles. The molecule has 0 saturated carbocycles. The molecule has 4 aromatic heterocycles. The zero-order chi connectivity index (χ0) is 70.1. The fraction of sp³-hybridized carbons (Fsp3) is 0.611. The van der Waals surface area contributed by atoms with E-state index in [0.717, 1.165) is 24.7 Å². The molecule has 526 valence electrons. The van der Waals surface area contributed by atoms with Crippen molar-refractivity contribution < 1.29 is 103 Å². The van der Waals surface area contributed by atoms with E-state index >= 15 is 4.79 Å². The summed E-state index contributed by atoms with van der Waals surface area (Å²) in [6.07, 6.45) is -22.3. The van der Waals surface area contributed by atoms with Gasteiger partial charge in [0.05, 0.1) is 72.7 Å². The van der Waals surface area contributed by atoms with Gasteiger partial charge >= 0.3 is 6.09 Å². The zero-order valence-electron chi connectivity index (χ0n) is 51.9. The number of thiazole rings is 2. The van der Waals surface area contributed by atoms with Crippen LogP contribution >= 0.6 is 34.4 Å². The molecule has 25 N–H and O–H groups in total. The lowest BCUT2D eigenvalue weighted by atomic mass is 9.96. The van der Waals surface area contributed by atoms with E-state index < -0.39 is 183 Å². The van der Waals surface area contributed by atoms with Crippen LogP contribution in [0, 0.1) is 12.8 Å². The normalized spacial score (nSPS) is 24.1. The summed E-state index contributed by atoms with van der Waals surface area (Å²) in [5.74, 6) is -7.80. The maximum atomic E-state index is 15.2. The Morgan fingerprint density at radius 3 is 2.12 bits per heavy atom. The summed E-state index contributed by atoms with van der Waals surface area (Å²) < 4.78 is 28.7. The molecule has 4 aromatic rings. The molecule has 2 aliphatic heterocycles. The number of aromatic nitrogens is 6. The molecule has 19 atom stereocenters. The van der Waals surface area contributed by atoms with Gasteiger partial charge in [-0.05, 0) is 39.2 Å². The minimum absolute atomic E-state index is 0.00588. The number of H-pyrrole nitrogens is 1. The summed E-state index contributed by atoms with van der Waals surface area (Å²) in [6, 6.07) is -7.85. The molecule has 2 fully saturated rings. The number of ether oxygens (including phenoxy) is 5. The van der Waals surface area contributed by atoms with E-state index in [2.05, 4.69) is 61.8 Å². The van der Waals surface area contributed by atoms with Crippen molar-refractivity contribution in [2.75, 3.05) is 50.6 Å². The zero-order valence-corrected chi connectivity index (χ0v) is 54.3. The molecule has 0 bridgehead atoms. The summed E-state index contributed by atoms with van der Waals surface area (Å²) in [6.45, 7) is 3.15. The van der Waals surface area contributed by atoms with Gasteiger partial charge in [-0.3, -0.25) is 33.6 Å². The standard InChI is InChI=1S/C54H81N17O21S3/c1-19-32(68-45(71-43(19)57)24(11-30(56)75)63-12-23(55)44(58)81)49(85)70-34(40(25-13-60-18-64-25)90-53-42(38(79)36(77)28(14-72)89-53)91-52-39(80)41(92-54(59)87)37(78)29(15-73)88-52)50(86)65-21(3)35(76)20(2)46(82)69-33(22(4)74)48(84)62-9-7-31-66-27(17-94-31)51-67-26(16-95-51)47(83)61-8-6-10-93-5/h13,16-18,20-24,28-29,33-42,52-53,63,72-74,76-80H,6-12,14-15,55H2,1-5H3,(H2,56,75)(H2,58,81)(H2,59,87)(H,60,64)(H,61,83)(H,62,84)(H,65,86)(H,69,82)(H,70,85)(H2,57,68,71)/t20-,21+,22+,23-,24+,28+,29-,33-,34+,35+,36-,37-,38-,39-,40-,41-,42-,52+,53+/m1/s1. The van der Waals surface area contributed by atoms with E-state index in [-0.39, 0.29) is 54.0 Å². The number of carbonyl (C=O) groups is 8. The molecule has 2 saturated heterocycles. The van der Waals surface area contributed by atoms with Crippen molar-refractivity contribution >= 4 is 87.7 Å². The summed E-state index contributed by atoms with van der Waals surface area (Å²) in [5.41, 5.74) is 28.0. The first-order valence-corrected chi connectivity index (χ1v) is 32.6. The number of rotatable bonds is 35. The quantitative estimate of drug-likeness (QED) is 0.0190. The number of nitrogens with one attached hydrogen (secondary N) is 7. The van der Waals surface area contributed by atoms with Crippen LogP contribution in [0.4, 0.5) is 10.6 Å². The number of anilines is 1. The number of nitrogen functional groups attached to an aromatic ring is 1. The molecule has 38 nitrogen and oxygen atoms in total. The third-order valence-corrected chi connectivity index (χ3v) is 17.5. The Hall–Kier alpha value is -7.30. The molecule has 6 rings (SSSR count). The number of aliphatic hydroxyl groups excluding tert-OH is 8. The highest BCUT2D eigenvalue weighted by atomic mass is 32.2. The number of hydrogen-bond acceptors (Lipinski definition) is 32. The monoisotopic (exact) mass is 1400 g/mol. The number of nitrogens with zero attached hydrogens (tertiary/aromatic N) is 5. The van der Waals surface area contributed by atoms with Crippen LogP contribution in [-0.4, -0.2) is 261 Å². The van der Waals surface area contributed by atoms with Crippen LogP contribution in [0.25, 0.3) is 10.7 Å². The second-order valence-corrected chi connectivity index (χ2v) is 24.9. The summed E-state index contributed by atoms with van der Waals surface area (Å²) in [5, 5.41) is 108. The van der Waals surface area contributed by atoms with Crippen molar-refractivity contribution in [1.82, 2.24) is 61.8 Å². The smallest absolute Gasteiger partial charge is 0.404 e. The van der Waals surface area contributed by atoms with E-state index in [0.29, 0.717) is 22.3 Å². The largest absolute Gasteiger partial charge is 0.441 e. The van der Waals surface area contributed by atoms with Crippen LogP contribution in [0.3, 0.4) is 0 Å². The average molecular weight is 1400 g/mol. The number of hydrogen-bond donors (Lipinski definition) is 20. The molecule has 41 heteroatoms. The molecule has 0 radical (unpaired) electrons. The topological polar surface area (TPSA) is 627 Å². The fourth-order valence-electron chi connectivity index (χ4n) is 9.65. The number of thioether (sulfide) groups is 1. The minimum atomic E-state index is -2.20. The third-order valence-electron chi connectivity index (χ3n) is 15.1. The number of aliphatic hydroxyl groups is 8. The summed E-state index contributed by atoms with van der Waals surface area (Å²) in [7, 11) is 0. The second kappa shape index (κ2) is 35.6. The Bertz CT molecular complexity index is 3250. The van der Waals surface area contributed by atoms with Gasteiger partial charge in [0.2, 0.25) is 29.5 Å². The first kappa shape index (κ1) is 76.7. The van der Waals surface area contributed by atoms with E-state index in [9.17, 15) is 74.4 Å². The number of primary amides is 3. The van der Waals surface area contributed by atoms with E-state index in [1.54, 1.807) is 22.5 Å². The van der Waals surface area contributed by atoms with Crippen molar-refractivity contribution in [3.8, 4) is 10.7 Å². The highest BCUT2D eigenvalue weighted by Gasteiger charge is 2.54. The van der Waals surface area contributed by atoms with Gasteiger partial charge in [0.15, 0.2) is 18.7 Å². The third kappa shape index (κ3) is 20.4. The first-order valence-electron chi connectivity index (χ1n) is 29.4. The Balaban J connectivity index is 1.27. The summed E-state index contributed by atoms with van der Waals surface area (Å²) >= 11 is 4.19. The van der Waals surface area contributed by atoms with Gasteiger partial charge in [0, 0.05) is 48.8 Å². The number of aromatic amines is 1. The Morgan fingerprint density at radius 1 is 0.789 bits per heavy atom. The molecule has 8 amide bonds. The van der Waals surface area contributed by atoms with Crippen molar-refractivity contribution in [2.24, 2.45) is 28.9 Å². The van der Waals surface area contributed by atoms with Crippen LogP contribution in [0.5, 0.6) is 0 Å². The van der Waals surface area contributed by atoms with Gasteiger partial charge in [-0.2, -0.15) is 11.8 Å². The maximum absolute atomic E-state index is 15.2. The van der Waals surface area contributed by atoms with Crippen molar-refractivity contribution in [3.63, 3.8) is 0 Å². The predicted octanol–water partition coefficient (Wildman–Crippen LogP) is -7.22. The van der Waals surface area contributed by atoms with Crippen LogP contribution in [0.2, 0.25) is 0 Å². The second-order valence-electron chi connectivity index (χ2n) is 22.1.